The molecule has 11 heavy (non-hydrogen) atoms. The highest BCUT2D eigenvalue weighted by Crippen LogP contribution is 2.16. The molecule has 0 amide bonds. The van der Waals surface area contributed by atoms with Crippen LogP contribution >= 0.6 is 0 Å². The van der Waals surface area contributed by atoms with Crippen LogP contribution in [0.2, 0.25) is 0 Å². The van der Waals surface area contributed by atoms with E-state index in [0.29, 0.717) is 0 Å². The standard InChI is InChI=1S/C6H7F3O2/c1-4(2)5(10)11-6(8,9)3-7/h1,3H2,2H3. The Morgan fingerprint density at radius 1 is 1.64 bits per heavy atom. The van der Waals surface area contributed by atoms with Gasteiger partial charge in [-0.05, 0) is 6.92 Å². The third-order valence-electron chi connectivity index (χ3n) is 0.746. The number of ether oxygens (including phenoxy) is 1. The molecule has 0 aromatic heterocycles. The van der Waals surface area contributed by atoms with Crippen LogP contribution < -0.4 is 0 Å². The minimum Gasteiger partial charge on any atom is -0.395 e. The van der Waals surface area contributed by atoms with Crippen molar-refractivity contribution in [2.75, 3.05) is 6.67 Å². The van der Waals surface area contributed by atoms with Crippen molar-refractivity contribution in [3.63, 3.8) is 0 Å². The van der Waals surface area contributed by atoms with E-state index in [1.807, 2.05) is 0 Å². The van der Waals surface area contributed by atoms with Gasteiger partial charge in [0.05, 0.1) is 0 Å². The van der Waals surface area contributed by atoms with Crippen molar-refractivity contribution >= 4 is 5.97 Å². The van der Waals surface area contributed by atoms with E-state index >= 15 is 0 Å². The van der Waals surface area contributed by atoms with Crippen LogP contribution in [0.15, 0.2) is 12.2 Å². The van der Waals surface area contributed by atoms with Gasteiger partial charge in [-0.3, -0.25) is 0 Å². The van der Waals surface area contributed by atoms with Crippen LogP contribution in [-0.2, 0) is 9.53 Å². The third-order valence-corrected chi connectivity index (χ3v) is 0.746. The lowest BCUT2D eigenvalue weighted by molar-refractivity contribution is -0.235. The highest BCUT2D eigenvalue weighted by molar-refractivity contribution is 5.87. The van der Waals surface area contributed by atoms with Crippen LogP contribution in [0, 0.1) is 0 Å². The van der Waals surface area contributed by atoms with Gasteiger partial charge in [-0.1, -0.05) is 6.58 Å². The Morgan fingerprint density at radius 2 is 2.09 bits per heavy atom. The van der Waals surface area contributed by atoms with Gasteiger partial charge < -0.3 is 4.74 Å². The van der Waals surface area contributed by atoms with Crippen LogP contribution in [0.4, 0.5) is 13.2 Å². The van der Waals surface area contributed by atoms with Gasteiger partial charge in [0.1, 0.15) is 0 Å². The summed E-state index contributed by atoms with van der Waals surface area (Å²) in [6.45, 7) is 2.21. The fourth-order valence-corrected chi connectivity index (χ4v) is 0.250. The van der Waals surface area contributed by atoms with Crippen LogP contribution in [0.5, 0.6) is 0 Å². The molecule has 0 saturated carbocycles. The van der Waals surface area contributed by atoms with E-state index < -0.39 is 18.8 Å². The van der Waals surface area contributed by atoms with Gasteiger partial charge in [-0.25, -0.2) is 9.18 Å². The van der Waals surface area contributed by atoms with Crippen molar-refractivity contribution in [1.29, 1.82) is 0 Å². The Hall–Kier alpha value is -1.00. The zero-order valence-electron chi connectivity index (χ0n) is 5.86. The summed E-state index contributed by atoms with van der Waals surface area (Å²) in [6, 6.07) is 0. The Labute approximate surface area is 61.6 Å². The molecular formula is C6H7F3O2. The van der Waals surface area contributed by atoms with E-state index in [1.165, 1.54) is 6.92 Å². The zero-order chi connectivity index (χ0) is 9.07. The Kier molecular flexibility index (Phi) is 3.10. The smallest absolute Gasteiger partial charge is 0.395 e. The average molecular weight is 168 g/mol. The number of carbonyl (C=O) groups excluding carboxylic acids is 1. The lowest BCUT2D eigenvalue weighted by Crippen LogP contribution is -2.27. The summed E-state index contributed by atoms with van der Waals surface area (Å²) in [7, 11) is 0. The van der Waals surface area contributed by atoms with Crippen LogP contribution in [0.1, 0.15) is 6.92 Å². The number of hydrogen-bond acceptors (Lipinski definition) is 2. The topological polar surface area (TPSA) is 26.3 Å². The fraction of sp³-hybridized carbons (Fsp3) is 0.500. The SMILES string of the molecule is C=C(C)C(=O)OC(F)(F)CF. The highest BCUT2D eigenvalue weighted by atomic mass is 19.3. The maximum atomic E-state index is 11.9. The van der Waals surface area contributed by atoms with Gasteiger partial charge in [0.15, 0.2) is 6.67 Å². The molecule has 0 aromatic carbocycles. The summed E-state index contributed by atoms with van der Waals surface area (Å²) in [5.41, 5.74) is -0.196. The molecule has 0 aliphatic heterocycles. The van der Waals surface area contributed by atoms with Crippen LogP contribution in [-0.4, -0.2) is 18.8 Å². The summed E-state index contributed by atoms with van der Waals surface area (Å²) in [4.78, 5) is 10.3. The van der Waals surface area contributed by atoms with Gasteiger partial charge in [-0.15, -0.1) is 0 Å². The maximum absolute atomic E-state index is 11.9. The first-order chi connectivity index (χ1) is 4.89. The largest absolute Gasteiger partial charge is 0.429 e. The molecule has 0 bridgehead atoms. The number of carbonyl (C=O) groups is 1. The van der Waals surface area contributed by atoms with E-state index in [-0.39, 0.29) is 5.57 Å². The molecule has 0 spiro atoms. The molecule has 0 unspecified atom stereocenters. The molecule has 0 N–H and O–H groups in total. The minimum atomic E-state index is -4.03. The maximum Gasteiger partial charge on any atom is 0.429 e. The first-order valence-electron chi connectivity index (χ1n) is 2.71. The molecule has 0 fully saturated rings. The predicted octanol–water partition coefficient (Wildman–Crippen LogP) is 1.67. The molecule has 0 radical (unpaired) electrons. The van der Waals surface area contributed by atoms with Gasteiger partial charge in [0, 0.05) is 5.57 Å². The van der Waals surface area contributed by atoms with Gasteiger partial charge >= 0.3 is 12.1 Å². The number of esters is 1. The monoisotopic (exact) mass is 168 g/mol. The summed E-state index contributed by atoms with van der Waals surface area (Å²) in [5, 5.41) is 0. The molecule has 64 valence electrons. The quantitative estimate of drug-likeness (QED) is 0.473. The van der Waals surface area contributed by atoms with Gasteiger partial charge in [0.2, 0.25) is 0 Å². The molecule has 0 saturated heterocycles. The first-order valence-corrected chi connectivity index (χ1v) is 2.71. The van der Waals surface area contributed by atoms with Crippen LogP contribution in [0.3, 0.4) is 0 Å². The molecule has 0 atom stereocenters. The number of rotatable bonds is 3. The highest BCUT2D eigenvalue weighted by Gasteiger charge is 2.34. The van der Waals surface area contributed by atoms with E-state index in [2.05, 4.69) is 11.3 Å². The Bertz CT molecular complexity index is 177. The summed E-state index contributed by atoms with van der Waals surface area (Å²) in [6.07, 6.45) is -4.03. The van der Waals surface area contributed by atoms with Gasteiger partial charge in [0.25, 0.3) is 0 Å². The molecule has 0 rings (SSSR count). The summed E-state index contributed by atoms with van der Waals surface area (Å²) in [5.74, 6) is -1.30. The minimum absolute atomic E-state index is 0.196. The third kappa shape index (κ3) is 3.64. The number of alkyl halides is 3. The Morgan fingerprint density at radius 3 is 2.36 bits per heavy atom. The van der Waals surface area contributed by atoms with E-state index in [0.717, 1.165) is 0 Å². The van der Waals surface area contributed by atoms with Crippen molar-refractivity contribution in [1.82, 2.24) is 0 Å². The molecule has 2 nitrogen and oxygen atoms in total. The first kappa shape index (κ1) is 10.0. The number of halogens is 3. The van der Waals surface area contributed by atoms with Crippen molar-refractivity contribution in [2.45, 2.75) is 13.0 Å². The van der Waals surface area contributed by atoms with E-state index in [9.17, 15) is 18.0 Å². The fourth-order valence-electron chi connectivity index (χ4n) is 0.250. The molecule has 0 heterocycles. The van der Waals surface area contributed by atoms with Crippen molar-refractivity contribution in [3.05, 3.63) is 12.2 Å². The molecular weight excluding hydrogens is 161 g/mol. The molecule has 0 aromatic rings. The van der Waals surface area contributed by atoms with Gasteiger partial charge in [-0.2, -0.15) is 8.78 Å². The second-order valence-corrected chi connectivity index (χ2v) is 1.94. The predicted molar refractivity (Wildman–Crippen MR) is 31.8 cm³/mol. The molecule has 5 heteroatoms. The number of hydrogen-bond donors (Lipinski definition) is 0. The summed E-state index contributed by atoms with van der Waals surface area (Å²) < 4.78 is 38.5. The van der Waals surface area contributed by atoms with E-state index in [4.69, 9.17) is 0 Å². The van der Waals surface area contributed by atoms with Crippen molar-refractivity contribution in [3.8, 4) is 0 Å². The van der Waals surface area contributed by atoms with Crippen LogP contribution in [0.25, 0.3) is 0 Å². The van der Waals surface area contributed by atoms with Crippen molar-refractivity contribution < 1.29 is 22.7 Å². The summed E-state index contributed by atoms with van der Waals surface area (Å²) >= 11 is 0. The second-order valence-electron chi connectivity index (χ2n) is 1.94. The van der Waals surface area contributed by atoms with E-state index in [1.54, 1.807) is 0 Å². The molecule has 0 aliphatic rings. The lowest BCUT2D eigenvalue weighted by atomic mass is 10.4. The zero-order valence-corrected chi connectivity index (χ0v) is 5.86. The average Bonchev–Trinajstić information content (AvgIpc) is 1.87. The Balaban J connectivity index is 4.04. The molecule has 0 aliphatic carbocycles. The second kappa shape index (κ2) is 3.41. The van der Waals surface area contributed by atoms with Crippen molar-refractivity contribution in [2.24, 2.45) is 0 Å². The normalized spacial score (nSPS) is 10.9. The lowest BCUT2D eigenvalue weighted by Gasteiger charge is -2.11.